The van der Waals surface area contributed by atoms with Crippen LogP contribution < -0.4 is 0 Å². The van der Waals surface area contributed by atoms with Crippen molar-refractivity contribution in [2.75, 3.05) is 7.11 Å². The lowest BCUT2D eigenvalue weighted by Crippen LogP contribution is -2.23. The van der Waals surface area contributed by atoms with Crippen LogP contribution in [0.15, 0.2) is 18.2 Å². The second kappa shape index (κ2) is 5.65. The summed E-state index contributed by atoms with van der Waals surface area (Å²) in [5.74, 6) is 0.108. The molecule has 1 rings (SSSR count). The normalized spacial score (nSPS) is 11.6. The van der Waals surface area contributed by atoms with Gasteiger partial charge < -0.3 is 4.74 Å². The fraction of sp³-hybridized carbons (Fsp3) is 0.500. The average molecular weight is 255 g/mol. The molecule has 0 bridgehead atoms. The van der Waals surface area contributed by atoms with Crippen LogP contribution in [0.1, 0.15) is 42.6 Å². The van der Waals surface area contributed by atoms with E-state index in [1.54, 1.807) is 13.2 Å². The first-order valence-electron chi connectivity index (χ1n) is 5.70. The molecule has 17 heavy (non-hydrogen) atoms. The molecule has 0 N–H and O–H groups in total. The van der Waals surface area contributed by atoms with Crippen LogP contribution in [0.3, 0.4) is 0 Å². The summed E-state index contributed by atoms with van der Waals surface area (Å²) in [4.78, 5) is 12.0. The second-order valence-electron chi connectivity index (χ2n) is 4.85. The van der Waals surface area contributed by atoms with Crippen LogP contribution in [-0.2, 0) is 4.74 Å². The van der Waals surface area contributed by atoms with Crippen molar-refractivity contribution in [1.82, 2.24) is 0 Å². The summed E-state index contributed by atoms with van der Waals surface area (Å²) in [5.41, 5.74) is 1.40. The average Bonchev–Trinajstić information content (AvgIpc) is 2.30. The van der Waals surface area contributed by atoms with Crippen LogP contribution in [0.2, 0.25) is 5.02 Å². The lowest BCUT2D eigenvalue weighted by Gasteiger charge is -2.22. The number of methoxy groups -OCH3 is 1. The van der Waals surface area contributed by atoms with Crippen molar-refractivity contribution in [2.45, 2.75) is 39.2 Å². The Hall–Kier alpha value is -0.860. The number of benzene rings is 1. The van der Waals surface area contributed by atoms with Crippen molar-refractivity contribution >= 4 is 17.4 Å². The molecular weight excluding hydrogens is 236 g/mol. The molecule has 0 amide bonds. The Kier molecular flexibility index (Phi) is 4.72. The number of hydrogen-bond acceptors (Lipinski definition) is 2. The van der Waals surface area contributed by atoms with E-state index in [1.807, 2.05) is 32.9 Å². The third kappa shape index (κ3) is 4.14. The summed E-state index contributed by atoms with van der Waals surface area (Å²) in [6, 6.07) is 5.43. The number of carbonyl (C=O) groups is 1. The summed E-state index contributed by atoms with van der Waals surface area (Å²) >= 11 is 6.00. The number of carbonyl (C=O) groups excluding carboxylic acids is 1. The molecule has 0 saturated carbocycles. The van der Waals surface area contributed by atoms with Gasteiger partial charge in [-0.25, -0.2) is 0 Å². The van der Waals surface area contributed by atoms with Gasteiger partial charge in [-0.05, 0) is 38.8 Å². The van der Waals surface area contributed by atoms with E-state index in [2.05, 4.69) is 0 Å². The summed E-state index contributed by atoms with van der Waals surface area (Å²) in [5, 5.41) is 0.641. The zero-order valence-corrected chi connectivity index (χ0v) is 11.6. The van der Waals surface area contributed by atoms with E-state index >= 15 is 0 Å². The molecule has 1 aromatic rings. The number of Topliss-reactive ketones (excluding diaryl/α,β-unsaturated/α-hetero) is 1. The van der Waals surface area contributed by atoms with Crippen LogP contribution in [0, 0.1) is 6.92 Å². The maximum Gasteiger partial charge on any atom is 0.163 e. The minimum atomic E-state index is -0.260. The van der Waals surface area contributed by atoms with E-state index in [9.17, 15) is 4.79 Å². The highest BCUT2D eigenvalue weighted by molar-refractivity contribution is 6.31. The van der Waals surface area contributed by atoms with Gasteiger partial charge in [0.2, 0.25) is 0 Å². The van der Waals surface area contributed by atoms with Crippen molar-refractivity contribution in [3.63, 3.8) is 0 Å². The Morgan fingerprint density at radius 3 is 2.59 bits per heavy atom. The van der Waals surface area contributed by atoms with Crippen molar-refractivity contribution in [2.24, 2.45) is 0 Å². The maximum absolute atomic E-state index is 12.0. The Morgan fingerprint density at radius 2 is 2.06 bits per heavy atom. The highest BCUT2D eigenvalue weighted by atomic mass is 35.5. The Morgan fingerprint density at radius 1 is 1.41 bits per heavy atom. The van der Waals surface area contributed by atoms with Gasteiger partial charge in [0.1, 0.15) is 0 Å². The highest BCUT2D eigenvalue weighted by Crippen LogP contribution is 2.21. The first-order valence-corrected chi connectivity index (χ1v) is 6.08. The molecule has 0 atom stereocenters. The van der Waals surface area contributed by atoms with Gasteiger partial charge in [-0.2, -0.15) is 0 Å². The lowest BCUT2D eigenvalue weighted by atomic mass is 9.97. The predicted octanol–water partition coefficient (Wildman–Crippen LogP) is 4.04. The summed E-state index contributed by atoms with van der Waals surface area (Å²) in [6.45, 7) is 5.87. The van der Waals surface area contributed by atoms with Crippen LogP contribution in [0.4, 0.5) is 0 Å². The number of rotatable bonds is 5. The minimum absolute atomic E-state index is 0.108. The first kappa shape index (κ1) is 14.2. The predicted molar refractivity (Wildman–Crippen MR) is 70.8 cm³/mol. The van der Waals surface area contributed by atoms with Gasteiger partial charge in [-0.1, -0.05) is 23.7 Å². The largest absolute Gasteiger partial charge is 0.379 e. The minimum Gasteiger partial charge on any atom is -0.379 e. The zero-order valence-electron chi connectivity index (χ0n) is 10.8. The Bertz CT molecular complexity index is 411. The molecule has 0 aliphatic carbocycles. The lowest BCUT2D eigenvalue weighted by molar-refractivity contribution is 0.0141. The first-order chi connectivity index (χ1) is 7.85. The van der Waals surface area contributed by atoms with Gasteiger partial charge in [0.25, 0.3) is 0 Å². The number of hydrogen-bond donors (Lipinski definition) is 0. The van der Waals surface area contributed by atoms with E-state index < -0.39 is 0 Å². The van der Waals surface area contributed by atoms with Crippen molar-refractivity contribution in [1.29, 1.82) is 0 Å². The molecule has 0 spiro atoms. The van der Waals surface area contributed by atoms with E-state index in [1.165, 1.54) is 0 Å². The topological polar surface area (TPSA) is 26.3 Å². The van der Waals surface area contributed by atoms with Crippen LogP contribution in [0.5, 0.6) is 0 Å². The second-order valence-corrected chi connectivity index (χ2v) is 5.26. The third-order valence-electron chi connectivity index (χ3n) is 3.00. The van der Waals surface area contributed by atoms with Gasteiger partial charge >= 0.3 is 0 Å². The fourth-order valence-electron chi connectivity index (χ4n) is 1.43. The van der Waals surface area contributed by atoms with E-state index in [0.29, 0.717) is 23.4 Å². The van der Waals surface area contributed by atoms with Gasteiger partial charge in [-0.15, -0.1) is 0 Å². The number of halogens is 1. The molecule has 0 unspecified atom stereocenters. The summed E-state index contributed by atoms with van der Waals surface area (Å²) in [7, 11) is 1.66. The van der Waals surface area contributed by atoms with Crippen molar-refractivity contribution in [3.8, 4) is 0 Å². The molecule has 3 heteroatoms. The molecule has 0 saturated heterocycles. The smallest absolute Gasteiger partial charge is 0.163 e. The van der Waals surface area contributed by atoms with Gasteiger partial charge in [0.15, 0.2) is 5.78 Å². The van der Waals surface area contributed by atoms with Gasteiger partial charge in [-0.3, -0.25) is 4.79 Å². The summed E-state index contributed by atoms with van der Waals surface area (Å²) < 4.78 is 5.29. The fourth-order valence-corrected chi connectivity index (χ4v) is 1.61. The Labute approximate surface area is 108 Å². The van der Waals surface area contributed by atoms with E-state index in [-0.39, 0.29) is 11.4 Å². The number of aryl methyl sites for hydroxylation is 1. The van der Waals surface area contributed by atoms with Crippen LogP contribution in [-0.4, -0.2) is 18.5 Å². The molecule has 0 aliphatic rings. The third-order valence-corrected chi connectivity index (χ3v) is 3.41. The van der Waals surface area contributed by atoms with Crippen molar-refractivity contribution < 1.29 is 9.53 Å². The molecular formula is C14H19ClO2. The SMILES string of the molecule is COC(C)(C)CCC(=O)c1ccc(C)c(Cl)c1. The van der Waals surface area contributed by atoms with E-state index in [4.69, 9.17) is 16.3 Å². The monoisotopic (exact) mass is 254 g/mol. The van der Waals surface area contributed by atoms with Crippen LogP contribution >= 0.6 is 11.6 Å². The Balaban J connectivity index is 2.68. The molecule has 1 aromatic carbocycles. The summed E-state index contributed by atoms with van der Waals surface area (Å²) in [6.07, 6.45) is 1.17. The zero-order chi connectivity index (χ0) is 13.1. The highest BCUT2D eigenvalue weighted by Gasteiger charge is 2.18. The molecule has 0 fully saturated rings. The molecule has 0 radical (unpaired) electrons. The van der Waals surface area contributed by atoms with Crippen LogP contribution in [0.25, 0.3) is 0 Å². The van der Waals surface area contributed by atoms with Gasteiger partial charge in [0.05, 0.1) is 5.60 Å². The molecule has 2 nitrogen and oxygen atoms in total. The van der Waals surface area contributed by atoms with Crippen molar-refractivity contribution in [3.05, 3.63) is 34.3 Å². The molecule has 0 heterocycles. The molecule has 94 valence electrons. The van der Waals surface area contributed by atoms with Gasteiger partial charge in [0, 0.05) is 24.1 Å². The number of ether oxygens (including phenoxy) is 1. The quantitative estimate of drug-likeness (QED) is 0.742. The standard InChI is InChI=1S/C14H19ClO2/c1-10-5-6-11(9-12(10)15)13(16)7-8-14(2,3)17-4/h5-6,9H,7-8H2,1-4H3. The molecule has 0 aromatic heterocycles. The molecule has 0 aliphatic heterocycles. The maximum atomic E-state index is 12.0. The van der Waals surface area contributed by atoms with E-state index in [0.717, 1.165) is 5.56 Å². The number of ketones is 1.